The SMILES string of the molecule is CCCc1ccc(S(=O)(=O)N2CCCN(C(C)=O)c3ccccc3CN(Cc3ccccc3OCC)CC2)cc1. The maximum atomic E-state index is 13.9. The van der Waals surface area contributed by atoms with Crippen molar-refractivity contribution in [2.75, 3.05) is 37.7 Å². The third-order valence-corrected chi connectivity index (χ3v) is 9.19. The molecule has 1 aliphatic rings. The first-order chi connectivity index (χ1) is 19.3. The lowest BCUT2D eigenvalue weighted by Gasteiger charge is -2.28. The van der Waals surface area contributed by atoms with Crippen LogP contribution < -0.4 is 9.64 Å². The second-order valence-electron chi connectivity index (χ2n) is 10.2. The first-order valence-electron chi connectivity index (χ1n) is 14.2. The molecule has 0 unspecified atom stereocenters. The number of fused-ring (bicyclic) bond motifs is 1. The second kappa shape index (κ2) is 13.9. The summed E-state index contributed by atoms with van der Waals surface area (Å²) in [5.41, 5.74) is 4.09. The predicted molar refractivity (Wildman–Crippen MR) is 160 cm³/mol. The van der Waals surface area contributed by atoms with Gasteiger partial charge in [0.05, 0.1) is 11.5 Å². The van der Waals surface area contributed by atoms with Crippen LogP contribution in [0.4, 0.5) is 5.69 Å². The number of sulfonamides is 1. The van der Waals surface area contributed by atoms with E-state index in [1.54, 1.807) is 28.3 Å². The summed E-state index contributed by atoms with van der Waals surface area (Å²) < 4.78 is 35.2. The van der Waals surface area contributed by atoms with E-state index in [9.17, 15) is 13.2 Å². The van der Waals surface area contributed by atoms with Crippen LogP contribution in [-0.4, -0.2) is 56.3 Å². The highest BCUT2D eigenvalue weighted by Gasteiger charge is 2.27. The van der Waals surface area contributed by atoms with Gasteiger partial charge in [0.25, 0.3) is 0 Å². The number of hydrogen-bond donors (Lipinski definition) is 0. The normalized spacial score (nSPS) is 15.7. The Kier molecular flexibility index (Phi) is 10.4. The number of carbonyl (C=O) groups excluding carboxylic acids is 1. The van der Waals surface area contributed by atoms with Crippen molar-refractivity contribution in [3.63, 3.8) is 0 Å². The highest BCUT2D eigenvalue weighted by atomic mass is 32.2. The van der Waals surface area contributed by atoms with E-state index >= 15 is 0 Å². The summed E-state index contributed by atoms with van der Waals surface area (Å²) in [6.45, 7) is 9.02. The number of aryl methyl sites for hydroxylation is 1. The van der Waals surface area contributed by atoms with Gasteiger partial charge in [-0.05, 0) is 55.2 Å². The van der Waals surface area contributed by atoms with Crippen molar-refractivity contribution < 1.29 is 17.9 Å². The largest absolute Gasteiger partial charge is 0.494 e. The molecule has 0 spiro atoms. The van der Waals surface area contributed by atoms with E-state index in [1.807, 2.05) is 55.5 Å². The molecule has 1 heterocycles. The van der Waals surface area contributed by atoms with E-state index in [0.29, 0.717) is 57.2 Å². The number of anilines is 1. The van der Waals surface area contributed by atoms with Crippen LogP contribution >= 0.6 is 0 Å². The van der Waals surface area contributed by atoms with Crippen LogP contribution in [-0.2, 0) is 34.3 Å². The first kappa shape index (κ1) is 29.8. The Labute approximate surface area is 239 Å². The van der Waals surface area contributed by atoms with Crippen LogP contribution in [0.5, 0.6) is 5.75 Å². The molecular weight excluding hydrogens is 522 g/mol. The standard InChI is InChI=1S/C32H41N3O4S/c1-4-11-27-16-18-30(19-17-27)40(37,38)34-20-10-21-35(26(3)36)31-14-8-6-12-28(31)24-33(22-23-34)25-29-13-7-9-15-32(29)39-5-2/h6-9,12-19H,4-5,10-11,20-25H2,1-3H3. The lowest BCUT2D eigenvalue weighted by atomic mass is 10.1. The zero-order chi connectivity index (χ0) is 28.5. The van der Waals surface area contributed by atoms with E-state index in [0.717, 1.165) is 41.0 Å². The Bertz CT molecular complexity index is 1370. The highest BCUT2D eigenvalue weighted by molar-refractivity contribution is 7.89. The number of hydrogen-bond acceptors (Lipinski definition) is 5. The van der Waals surface area contributed by atoms with E-state index in [2.05, 4.69) is 24.0 Å². The zero-order valence-electron chi connectivity index (χ0n) is 23.9. The molecule has 1 aliphatic heterocycles. The molecule has 1 amide bonds. The quantitative estimate of drug-likeness (QED) is 0.363. The van der Waals surface area contributed by atoms with Crippen LogP contribution in [0.25, 0.3) is 0 Å². The highest BCUT2D eigenvalue weighted by Crippen LogP contribution is 2.27. The maximum Gasteiger partial charge on any atom is 0.243 e. The van der Waals surface area contributed by atoms with Crippen LogP contribution in [0.2, 0.25) is 0 Å². The first-order valence-corrected chi connectivity index (χ1v) is 15.7. The minimum Gasteiger partial charge on any atom is -0.494 e. The molecule has 0 aliphatic carbocycles. The third-order valence-electron chi connectivity index (χ3n) is 7.28. The van der Waals surface area contributed by atoms with Crippen LogP contribution in [0.15, 0.2) is 77.7 Å². The molecule has 0 bridgehead atoms. The van der Waals surface area contributed by atoms with Gasteiger partial charge in [-0.25, -0.2) is 8.42 Å². The lowest BCUT2D eigenvalue weighted by molar-refractivity contribution is -0.116. The molecule has 0 N–H and O–H groups in total. The van der Waals surface area contributed by atoms with Crippen LogP contribution in [0.1, 0.15) is 50.3 Å². The van der Waals surface area contributed by atoms with Crippen molar-refractivity contribution >= 4 is 21.6 Å². The molecule has 3 aromatic carbocycles. The van der Waals surface area contributed by atoms with Gasteiger partial charge in [0.2, 0.25) is 15.9 Å². The number of para-hydroxylation sites is 2. The fourth-order valence-corrected chi connectivity index (χ4v) is 6.73. The molecule has 0 atom stereocenters. The van der Waals surface area contributed by atoms with Crippen molar-refractivity contribution in [1.29, 1.82) is 0 Å². The summed E-state index contributed by atoms with van der Waals surface area (Å²) in [5.74, 6) is 0.774. The molecule has 3 aromatic rings. The molecule has 0 radical (unpaired) electrons. The summed E-state index contributed by atoms with van der Waals surface area (Å²) in [4.78, 5) is 17.1. The van der Waals surface area contributed by atoms with Crippen LogP contribution in [0, 0.1) is 0 Å². The van der Waals surface area contributed by atoms with Gasteiger partial charge in [-0.3, -0.25) is 9.69 Å². The molecule has 214 valence electrons. The fraction of sp³-hybridized carbons (Fsp3) is 0.406. The van der Waals surface area contributed by atoms with Crippen molar-refractivity contribution in [1.82, 2.24) is 9.21 Å². The number of ether oxygens (including phenoxy) is 1. The van der Waals surface area contributed by atoms with Gasteiger partial charge in [-0.15, -0.1) is 0 Å². The zero-order valence-corrected chi connectivity index (χ0v) is 24.7. The van der Waals surface area contributed by atoms with Gasteiger partial charge in [0, 0.05) is 57.4 Å². The van der Waals surface area contributed by atoms with Gasteiger partial charge in [-0.1, -0.05) is 61.9 Å². The molecule has 40 heavy (non-hydrogen) atoms. The Balaban J connectivity index is 1.68. The Morgan fingerprint density at radius 2 is 1.60 bits per heavy atom. The third kappa shape index (κ3) is 7.30. The van der Waals surface area contributed by atoms with E-state index in [-0.39, 0.29) is 5.91 Å². The second-order valence-corrected chi connectivity index (χ2v) is 12.1. The number of benzene rings is 3. The average Bonchev–Trinajstić information content (AvgIpc) is 2.97. The molecule has 0 saturated heterocycles. The Hall–Kier alpha value is -3.20. The van der Waals surface area contributed by atoms with Gasteiger partial charge in [-0.2, -0.15) is 4.31 Å². The van der Waals surface area contributed by atoms with E-state index in [1.165, 1.54) is 0 Å². The fourth-order valence-electron chi connectivity index (χ4n) is 5.26. The Morgan fingerprint density at radius 1 is 0.875 bits per heavy atom. The molecule has 7 nitrogen and oxygen atoms in total. The van der Waals surface area contributed by atoms with Crippen molar-refractivity contribution in [2.24, 2.45) is 0 Å². The summed E-state index contributed by atoms with van der Waals surface area (Å²) in [7, 11) is -3.71. The summed E-state index contributed by atoms with van der Waals surface area (Å²) in [6, 6.07) is 23.2. The van der Waals surface area contributed by atoms with E-state index in [4.69, 9.17) is 4.74 Å². The topological polar surface area (TPSA) is 70.2 Å². The smallest absolute Gasteiger partial charge is 0.243 e. The number of carbonyl (C=O) groups is 1. The monoisotopic (exact) mass is 563 g/mol. The van der Waals surface area contributed by atoms with Crippen molar-refractivity contribution in [2.45, 2.75) is 58.0 Å². The number of nitrogens with zero attached hydrogens (tertiary/aromatic N) is 3. The minimum absolute atomic E-state index is 0.0548. The summed E-state index contributed by atoms with van der Waals surface area (Å²) >= 11 is 0. The predicted octanol–water partition coefficient (Wildman–Crippen LogP) is 5.49. The maximum absolute atomic E-state index is 13.9. The molecule has 0 fully saturated rings. The summed E-state index contributed by atoms with van der Waals surface area (Å²) in [5, 5.41) is 0. The average molecular weight is 564 g/mol. The number of amides is 1. The van der Waals surface area contributed by atoms with Gasteiger partial charge in [0.1, 0.15) is 5.75 Å². The van der Waals surface area contributed by atoms with Gasteiger partial charge in [0.15, 0.2) is 0 Å². The molecular formula is C32H41N3O4S. The molecule has 4 rings (SSSR count). The summed E-state index contributed by atoms with van der Waals surface area (Å²) in [6.07, 6.45) is 2.47. The van der Waals surface area contributed by atoms with E-state index < -0.39 is 10.0 Å². The molecule has 0 aromatic heterocycles. The van der Waals surface area contributed by atoms with Gasteiger partial charge >= 0.3 is 0 Å². The lowest BCUT2D eigenvalue weighted by Crippen LogP contribution is -2.39. The van der Waals surface area contributed by atoms with Crippen molar-refractivity contribution in [3.05, 3.63) is 89.5 Å². The van der Waals surface area contributed by atoms with Crippen molar-refractivity contribution in [3.8, 4) is 5.75 Å². The van der Waals surface area contributed by atoms with Crippen LogP contribution in [0.3, 0.4) is 0 Å². The van der Waals surface area contributed by atoms with Gasteiger partial charge < -0.3 is 9.64 Å². The Morgan fingerprint density at radius 3 is 2.33 bits per heavy atom. The number of rotatable bonds is 8. The minimum atomic E-state index is -3.71. The molecule has 8 heteroatoms. The molecule has 0 saturated carbocycles.